The zero-order chi connectivity index (χ0) is 18.7. The van der Waals surface area contributed by atoms with Crippen LogP contribution in [0.1, 0.15) is 44.3 Å². The Morgan fingerprint density at radius 3 is 2.48 bits per heavy atom. The van der Waals surface area contributed by atoms with Crippen molar-refractivity contribution in [3.63, 3.8) is 0 Å². The number of esters is 1. The number of carbonyl (C=O) groups excluding carboxylic acids is 1. The lowest BCUT2D eigenvalue weighted by atomic mass is 9.98. The lowest BCUT2D eigenvalue weighted by molar-refractivity contribution is -0.150. The Morgan fingerprint density at radius 1 is 1.32 bits per heavy atom. The second-order valence-electron chi connectivity index (χ2n) is 7.59. The van der Waals surface area contributed by atoms with Crippen molar-refractivity contribution in [2.75, 3.05) is 26.2 Å². The Labute approximate surface area is 150 Å². The van der Waals surface area contributed by atoms with Crippen LogP contribution in [-0.2, 0) is 21.4 Å². The number of halogens is 3. The van der Waals surface area contributed by atoms with E-state index in [1.165, 1.54) is 16.2 Å². The van der Waals surface area contributed by atoms with Crippen LogP contribution >= 0.6 is 11.3 Å². The van der Waals surface area contributed by atoms with Crippen LogP contribution in [0.3, 0.4) is 0 Å². The maximum Gasteiger partial charge on any atom is 0.401 e. The largest absolute Gasteiger partial charge is 0.465 e. The van der Waals surface area contributed by atoms with Gasteiger partial charge in [-0.15, -0.1) is 11.3 Å². The van der Waals surface area contributed by atoms with Gasteiger partial charge in [-0.1, -0.05) is 20.8 Å². The van der Waals surface area contributed by atoms with Crippen LogP contribution < -0.4 is 0 Å². The van der Waals surface area contributed by atoms with E-state index in [2.05, 4.69) is 25.8 Å². The third kappa shape index (κ3) is 6.93. The highest BCUT2D eigenvalue weighted by molar-refractivity contribution is 7.09. The smallest absolute Gasteiger partial charge is 0.401 e. The van der Waals surface area contributed by atoms with E-state index in [9.17, 15) is 18.0 Å². The monoisotopic (exact) mass is 378 g/mol. The maximum absolute atomic E-state index is 12.4. The van der Waals surface area contributed by atoms with E-state index in [4.69, 9.17) is 4.74 Å². The molecule has 0 unspecified atom stereocenters. The zero-order valence-corrected chi connectivity index (χ0v) is 15.7. The molecule has 0 bridgehead atoms. The number of aromatic nitrogens is 1. The maximum atomic E-state index is 12.4. The molecule has 8 heteroatoms. The zero-order valence-electron chi connectivity index (χ0n) is 14.9. The summed E-state index contributed by atoms with van der Waals surface area (Å²) in [5.74, 6) is -0.197. The van der Waals surface area contributed by atoms with Crippen molar-refractivity contribution < 1.29 is 22.7 Å². The molecule has 1 aliphatic heterocycles. The second-order valence-corrected chi connectivity index (χ2v) is 8.45. The molecule has 1 saturated heterocycles. The summed E-state index contributed by atoms with van der Waals surface area (Å²) in [4.78, 5) is 17.8. The van der Waals surface area contributed by atoms with Gasteiger partial charge in [0.2, 0.25) is 0 Å². The Balaban J connectivity index is 1.70. The van der Waals surface area contributed by atoms with Crippen LogP contribution in [-0.4, -0.2) is 48.3 Å². The van der Waals surface area contributed by atoms with E-state index in [1.807, 2.05) is 5.38 Å². The van der Waals surface area contributed by atoms with Crippen LogP contribution in [0.25, 0.3) is 0 Å². The second kappa shape index (κ2) is 8.03. The summed E-state index contributed by atoms with van der Waals surface area (Å²) >= 11 is 1.53. The number of piperidine rings is 1. The SMILES string of the molecule is CC(C)(C)c1nc(CC(=O)OCC2CCN(CC(F)(F)F)CC2)cs1. The minimum atomic E-state index is -4.15. The van der Waals surface area contributed by atoms with Crippen molar-refractivity contribution in [1.29, 1.82) is 0 Å². The fraction of sp³-hybridized carbons (Fsp3) is 0.765. The number of hydrogen-bond donors (Lipinski definition) is 0. The van der Waals surface area contributed by atoms with Gasteiger partial charge in [-0.05, 0) is 31.8 Å². The summed E-state index contributed by atoms with van der Waals surface area (Å²) in [6, 6.07) is 0. The van der Waals surface area contributed by atoms with Crippen LogP contribution in [0.4, 0.5) is 13.2 Å². The van der Waals surface area contributed by atoms with Crippen LogP contribution in [0.2, 0.25) is 0 Å². The molecule has 25 heavy (non-hydrogen) atoms. The van der Waals surface area contributed by atoms with E-state index in [0.29, 0.717) is 31.6 Å². The molecule has 1 aromatic rings. The van der Waals surface area contributed by atoms with E-state index < -0.39 is 12.7 Å². The number of carbonyl (C=O) groups is 1. The average Bonchev–Trinajstić information content (AvgIpc) is 2.93. The molecule has 0 saturated carbocycles. The molecule has 0 aliphatic carbocycles. The molecule has 1 aromatic heterocycles. The Bertz CT molecular complexity index is 573. The Kier molecular flexibility index (Phi) is 6.48. The molecule has 1 fully saturated rings. The molecular formula is C17H25F3N2O2S. The standard InChI is InChI=1S/C17H25F3N2O2S/c1-16(2,3)15-21-13(10-25-15)8-14(23)24-9-12-4-6-22(7-5-12)11-17(18,19)20/h10,12H,4-9,11H2,1-3H3. The minimum Gasteiger partial charge on any atom is -0.465 e. The first-order valence-corrected chi connectivity index (χ1v) is 9.30. The molecule has 1 aliphatic rings. The van der Waals surface area contributed by atoms with Crippen molar-refractivity contribution in [2.45, 2.75) is 51.6 Å². The van der Waals surface area contributed by atoms with Crippen molar-refractivity contribution >= 4 is 17.3 Å². The summed E-state index contributed by atoms with van der Waals surface area (Å²) in [5.41, 5.74) is 0.664. The van der Waals surface area contributed by atoms with Crippen molar-refractivity contribution in [1.82, 2.24) is 9.88 Å². The topological polar surface area (TPSA) is 42.4 Å². The summed E-state index contributed by atoms with van der Waals surface area (Å²) < 4.78 is 42.4. The molecule has 0 aromatic carbocycles. The third-order valence-electron chi connectivity index (χ3n) is 4.11. The Hall–Kier alpha value is -1.15. The molecular weight excluding hydrogens is 353 g/mol. The highest BCUT2D eigenvalue weighted by Gasteiger charge is 2.32. The fourth-order valence-electron chi connectivity index (χ4n) is 2.71. The third-order valence-corrected chi connectivity index (χ3v) is 5.43. The number of rotatable bonds is 5. The number of hydrogen-bond acceptors (Lipinski definition) is 5. The molecule has 0 atom stereocenters. The van der Waals surface area contributed by atoms with Gasteiger partial charge in [0.1, 0.15) is 0 Å². The molecule has 0 N–H and O–H groups in total. The number of ether oxygens (including phenoxy) is 1. The van der Waals surface area contributed by atoms with Gasteiger partial charge < -0.3 is 4.74 Å². The number of thiazole rings is 1. The van der Waals surface area contributed by atoms with Gasteiger partial charge in [-0.3, -0.25) is 9.69 Å². The summed E-state index contributed by atoms with van der Waals surface area (Å²) in [6.45, 7) is 6.40. The fourth-order valence-corrected chi connectivity index (χ4v) is 3.61. The number of nitrogens with zero attached hydrogens (tertiary/aromatic N) is 2. The van der Waals surface area contributed by atoms with E-state index in [1.54, 1.807) is 0 Å². The van der Waals surface area contributed by atoms with Gasteiger partial charge in [0.25, 0.3) is 0 Å². The highest BCUT2D eigenvalue weighted by atomic mass is 32.1. The molecule has 2 heterocycles. The van der Waals surface area contributed by atoms with Crippen LogP contribution in [0.15, 0.2) is 5.38 Å². The Morgan fingerprint density at radius 2 is 1.96 bits per heavy atom. The summed E-state index contributed by atoms with van der Waals surface area (Å²) in [7, 11) is 0. The van der Waals surface area contributed by atoms with Crippen molar-refractivity contribution in [3.05, 3.63) is 16.1 Å². The molecule has 142 valence electrons. The predicted octanol–water partition coefficient (Wildman–Crippen LogP) is 3.80. The number of alkyl halides is 3. The van der Waals surface area contributed by atoms with Gasteiger partial charge in [-0.2, -0.15) is 13.2 Å². The van der Waals surface area contributed by atoms with E-state index in [-0.39, 0.29) is 30.3 Å². The normalized spacial score (nSPS) is 17.7. The summed E-state index contributed by atoms with van der Waals surface area (Å²) in [5, 5.41) is 2.85. The molecule has 2 rings (SSSR count). The number of likely N-dealkylation sites (tertiary alicyclic amines) is 1. The molecule has 0 amide bonds. The first kappa shape index (κ1) is 20.2. The molecule has 0 spiro atoms. The van der Waals surface area contributed by atoms with Crippen molar-refractivity contribution in [2.24, 2.45) is 5.92 Å². The first-order chi connectivity index (χ1) is 11.5. The van der Waals surface area contributed by atoms with E-state index in [0.717, 1.165) is 5.01 Å². The quantitative estimate of drug-likeness (QED) is 0.731. The lowest BCUT2D eigenvalue weighted by Gasteiger charge is -2.31. The molecule has 4 nitrogen and oxygen atoms in total. The first-order valence-electron chi connectivity index (χ1n) is 8.42. The van der Waals surface area contributed by atoms with Gasteiger partial charge in [-0.25, -0.2) is 4.98 Å². The van der Waals surface area contributed by atoms with Crippen LogP contribution in [0, 0.1) is 5.92 Å². The average molecular weight is 378 g/mol. The molecule has 0 radical (unpaired) electrons. The van der Waals surface area contributed by atoms with Crippen molar-refractivity contribution in [3.8, 4) is 0 Å². The van der Waals surface area contributed by atoms with E-state index >= 15 is 0 Å². The van der Waals surface area contributed by atoms with Gasteiger partial charge in [0, 0.05) is 10.8 Å². The lowest BCUT2D eigenvalue weighted by Crippen LogP contribution is -2.41. The van der Waals surface area contributed by atoms with Gasteiger partial charge in [0.15, 0.2) is 0 Å². The highest BCUT2D eigenvalue weighted by Crippen LogP contribution is 2.26. The van der Waals surface area contributed by atoms with Gasteiger partial charge in [0.05, 0.1) is 30.3 Å². The predicted molar refractivity (Wildman–Crippen MR) is 90.7 cm³/mol. The summed E-state index contributed by atoms with van der Waals surface area (Å²) in [6.07, 6.45) is -2.78. The van der Waals surface area contributed by atoms with Gasteiger partial charge >= 0.3 is 12.1 Å². The minimum absolute atomic E-state index is 0.0444. The van der Waals surface area contributed by atoms with Crippen LogP contribution in [0.5, 0.6) is 0 Å².